The van der Waals surface area contributed by atoms with E-state index in [1.165, 1.54) is 23.3 Å². The normalized spacial score (nSPS) is 17.8. The summed E-state index contributed by atoms with van der Waals surface area (Å²) in [5.74, 6) is -0.130. The number of likely N-dealkylation sites (N-methyl/N-ethyl adjacent to an activating group) is 1. The van der Waals surface area contributed by atoms with Gasteiger partial charge in [0.1, 0.15) is 5.69 Å². The highest BCUT2D eigenvalue weighted by Gasteiger charge is 2.33. The topological polar surface area (TPSA) is 131 Å². The first kappa shape index (κ1) is 43.7. The Morgan fingerprint density at radius 1 is 0.887 bits per heavy atom. The Hall–Kier alpha value is -4.96. The molecule has 2 fully saturated rings. The summed E-state index contributed by atoms with van der Waals surface area (Å²) >= 11 is 7.83. The molecule has 0 bridgehead atoms. The standard InChI is InChI=1S/C47H52ClN7O5S2/c1-51-23-25-52(26-24-51)22-21-39(33-61-41-8-3-2-4-9-41)49-44-19-18-42(30-46(44)55(57)58)62(59,60)50-47(56)36-14-20-45-35(29-36)13-17-40-32-53(27-28-54(40)45)31-37-7-5-6-10-43(37)34-11-15-38(48)16-12-34/h2-12,14-16,18-20,29-30,39-40,49H,13,17,21-28,31-33H2,1H3,(H,50,56)/t39-,40-/m1/s1. The Morgan fingerprint density at radius 2 is 1.63 bits per heavy atom. The third kappa shape index (κ3) is 10.6. The fourth-order valence-corrected chi connectivity index (χ4v) is 10.8. The van der Waals surface area contributed by atoms with Gasteiger partial charge < -0.3 is 20.0 Å². The number of anilines is 2. The number of fused-ring (bicyclic) bond motifs is 3. The minimum Gasteiger partial charge on any atom is -0.376 e. The Morgan fingerprint density at radius 3 is 2.40 bits per heavy atom. The second-order valence-corrected chi connectivity index (χ2v) is 19.6. The second kappa shape index (κ2) is 19.6. The molecule has 3 aliphatic heterocycles. The first-order chi connectivity index (χ1) is 30.0. The van der Waals surface area contributed by atoms with Gasteiger partial charge in [0.2, 0.25) is 0 Å². The Bertz CT molecular complexity index is 2490. The van der Waals surface area contributed by atoms with Crippen molar-refractivity contribution < 1.29 is 18.1 Å². The van der Waals surface area contributed by atoms with Gasteiger partial charge in [0, 0.05) is 104 Å². The molecule has 0 radical (unpaired) electrons. The molecule has 12 nitrogen and oxygen atoms in total. The number of nitrogens with one attached hydrogen (secondary N) is 2. The van der Waals surface area contributed by atoms with Crippen LogP contribution >= 0.6 is 23.4 Å². The van der Waals surface area contributed by atoms with Gasteiger partial charge in [0.05, 0.1) is 9.82 Å². The van der Waals surface area contributed by atoms with Crippen LogP contribution in [0, 0.1) is 10.1 Å². The van der Waals surface area contributed by atoms with Gasteiger partial charge in [-0.15, -0.1) is 11.8 Å². The summed E-state index contributed by atoms with van der Waals surface area (Å²) in [5, 5.41) is 16.5. The van der Waals surface area contributed by atoms with Gasteiger partial charge in [0.15, 0.2) is 0 Å². The minimum absolute atomic E-state index is 0.132. The number of nitro groups is 1. The number of hydrogen-bond acceptors (Lipinski definition) is 11. The number of rotatable bonds is 15. The summed E-state index contributed by atoms with van der Waals surface area (Å²) in [7, 11) is -2.33. The van der Waals surface area contributed by atoms with Crippen LogP contribution in [0.3, 0.4) is 0 Å². The van der Waals surface area contributed by atoms with E-state index in [4.69, 9.17) is 11.6 Å². The quantitative estimate of drug-likeness (QED) is 0.0605. The number of amides is 1. The molecule has 3 aliphatic rings. The Labute approximate surface area is 373 Å². The number of benzene rings is 5. The lowest BCUT2D eigenvalue weighted by atomic mass is 9.92. The predicted octanol–water partition coefficient (Wildman–Crippen LogP) is 7.88. The fourth-order valence-electron chi connectivity index (χ4n) is 8.70. The van der Waals surface area contributed by atoms with E-state index in [0.717, 1.165) is 106 Å². The lowest BCUT2D eigenvalue weighted by molar-refractivity contribution is -0.384. The van der Waals surface area contributed by atoms with Crippen molar-refractivity contribution in [3.8, 4) is 11.1 Å². The number of aryl methyl sites for hydroxylation is 1. The minimum atomic E-state index is -4.45. The smallest absolute Gasteiger partial charge is 0.293 e. The fraction of sp³-hybridized carbons (Fsp3) is 0.340. The van der Waals surface area contributed by atoms with E-state index in [0.29, 0.717) is 16.8 Å². The highest BCUT2D eigenvalue weighted by atomic mass is 35.5. The molecule has 8 rings (SSSR count). The molecule has 3 heterocycles. The average Bonchev–Trinajstić information content (AvgIpc) is 3.28. The van der Waals surface area contributed by atoms with Crippen molar-refractivity contribution in [3.05, 3.63) is 147 Å². The number of carbonyl (C=O) groups is 1. The molecule has 5 aromatic rings. The van der Waals surface area contributed by atoms with E-state index in [9.17, 15) is 23.3 Å². The number of thioether (sulfide) groups is 1. The summed E-state index contributed by atoms with van der Waals surface area (Å²) in [5.41, 5.74) is 5.73. The van der Waals surface area contributed by atoms with Gasteiger partial charge in [-0.3, -0.25) is 19.8 Å². The molecule has 0 aromatic heterocycles. The number of nitrogens with zero attached hydrogens (tertiary/aromatic N) is 5. The first-order valence-electron chi connectivity index (χ1n) is 21.2. The summed E-state index contributed by atoms with van der Waals surface area (Å²) in [6.45, 7) is 8.16. The van der Waals surface area contributed by atoms with Crippen molar-refractivity contribution in [2.45, 2.75) is 47.7 Å². The number of piperazine rings is 2. The zero-order chi connectivity index (χ0) is 43.2. The lowest BCUT2D eigenvalue weighted by Crippen LogP contribution is -2.54. The average molecular weight is 895 g/mol. The first-order valence-corrected chi connectivity index (χ1v) is 24.0. The maximum absolute atomic E-state index is 13.6. The van der Waals surface area contributed by atoms with E-state index in [1.54, 1.807) is 23.9 Å². The van der Waals surface area contributed by atoms with Crippen molar-refractivity contribution in [3.63, 3.8) is 0 Å². The van der Waals surface area contributed by atoms with Gasteiger partial charge >= 0.3 is 0 Å². The highest BCUT2D eigenvalue weighted by Crippen LogP contribution is 2.35. The summed E-state index contributed by atoms with van der Waals surface area (Å²) < 4.78 is 29.4. The molecule has 0 aliphatic carbocycles. The second-order valence-electron chi connectivity index (χ2n) is 16.4. The number of nitro benzene ring substituents is 1. The molecule has 0 saturated carbocycles. The van der Waals surface area contributed by atoms with Crippen LogP contribution in [0.25, 0.3) is 11.1 Å². The molecular formula is C47H52ClN7O5S2. The lowest BCUT2D eigenvalue weighted by Gasteiger charge is -2.46. The van der Waals surface area contributed by atoms with E-state index in [-0.39, 0.29) is 27.9 Å². The molecule has 15 heteroatoms. The van der Waals surface area contributed by atoms with E-state index in [1.807, 2.05) is 48.5 Å². The van der Waals surface area contributed by atoms with Crippen molar-refractivity contribution >= 4 is 56.4 Å². The summed E-state index contributed by atoms with van der Waals surface area (Å²) in [6.07, 6.45) is 2.40. The van der Waals surface area contributed by atoms with Crippen molar-refractivity contribution in [1.29, 1.82) is 0 Å². The number of halogens is 1. The molecule has 2 N–H and O–H groups in total. The van der Waals surface area contributed by atoms with Gasteiger partial charge in [-0.25, -0.2) is 13.1 Å². The maximum Gasteiger partial charge on any atom is 0.293 e. The predicted molar refractivity (Wildman–Crippen MR) is 249 cm³/mol. The Kier molecular flexibility index (Phi) is 13.8. The molecule has 324 valence electrons. The van der Waals surface area contributed by atoms with E-state index < -0.39 is 20.9 Å². The monoisotopic (exact) mass is 893 g/mol. The van der Waals surface area contributed by atoms with Crippen molar-refractivity contribution in [2.75, 3.05) is 75.4 Å². The SMILES string of the molecule is CN1CCN(CC[C@H](CSc2ccccc2)Nc2ccc(S(=O)(=O)NC(=O)c3ccc4c(c3)CC[C@@H]3CN(Cc5ccccc5-c5ccc(Cl)cc5)CCN43)cc2[N+](=O)[O-])CC1. The van der Waals surface area contributed by atoms with Crippen LogP contribution in [0.2, 0.25) is 5.02 Å². The molecule has 62 heavy (non-hydrogen) atoms. The van der Waals surface area contributed by atoms with Crippen LogP contribution in [-0.2, 0) is 23.0 Å². The maximum atomic E-state index is 13.6. The van der Waals surface area contributed by atoms with Crippen LogP contribution in [-0.4, -0.2) is 111 Å². The molecule has 5 aromatic carbocycles. The van der Waals surface area contributed by atoms with Gasteiger partial charge in [0.25, 0.3) is 21.6 Å². The van der Waals surface area contributed by atoms with Crippen LogP contribution in [0.5, 0.6) is 0 Å². The van der Waals surface area contributed by atoms with Crippen molar-refractivity contribution in [1.82, 2.24) is 19.4 Å². The number of carbonyl (C=O) groups excluding carboxylic acids is 1. The molecule has 0 spiro atoms. The van der Waals surface area contributed by atoms with Gasteiger partial charge in [-0.2, -0.15) is 0 Å². The zero-order valence-corrected chi connectivity index (χ0v) is 37.2. The van der Waals surface area contributed by atoms with E-state index >= 15 is 0 Å². The van der Waals surface area contributed by atoms with Gasteiger partial charge in [-0.1, -0.05) is 66.2 Å². The van der Waals surface area contributed by atoms with Crippen LogP contribution in [0.1, 0.15) is 34.3 Å². The van der Waals surface area contributed by atoms with Crippen LogP contribution < -0.4 is 14.9 Å². The third-order valence-electron chi connectivity index (χ3n) is 12.2. The van der Waals surface area contributed by atoms with Gasteiger partial charge in [-0.05, 0) is 103 Å². The number of hydrogen-bond donors (Lipinski definition) is 2. The Balaban J connectivity index is 0.912. The van der Waals surface area contributed by atoms with Crippen LogP contribution in [0.4, 0.5) is 17.1 Å². The highest BCUT2D eigenvalue weighted by molar-refractivity contribution is 7.99. The third-order valence-corrected chi connectivity index (χ3v) is 14.9. The summed E-state index contributed by atoms with van der Waals surface area (Å²) in [6, 6.07) is 35.7. The van der Waals surface area contributed by atoms with E-state index in [2.05, 4.69) is 73.1 Å². The van der Waals surface area contributed by atoms with Crippen LogP contribution in [0.15, 0.2) is 125 Å². The largest absolute Gasteiger partial charge is 0.376 e. The van der Waals surface area contributed by atoms with Crippen molar-refractivity contribution in [2.24, 2.45) is 0 Å². The molecule has 1 amide bonds. The number of sulfonamides is 1. The summed E-state index contributed by atoms with van der Waals surface area (Å²) in [4.78, 5) is 35.7. The molecule has 2 saturated heterocycles. The molecule has 2 atom stereocenters. The molecular weight excluding hydrogens is 842 g/mol. The molecule has 0 unspecified atom stereocenters. The zero-order valence-electron chi connectivity index (χ0n) is 34.8.